The molecule has 0 atom stereocenters. The zero-order valence-corrected chi connectivity index (χ0v) is 12.6. The Kier molecular flexibility index (Phi) is 5.43. The van der Waals surface area contributed by atoms with E-state index in [-0.39, 0.29) is 6.61 Å². The molecular weight excluding hydrogens is 274 g/mol. The lowest BCUT2D eigenvalue weighted by atomic mass is 10.2. The van der Waals surface area contributed by atoms with Crippen molar-refractivity contribution in [2.45, 2.75) is 37.4 Å². The van der Waals surface area contributed by atoms with Crippen molar-refractivity contribution in [3.05, 3.63) is 35.7 Å². The second kappa shape index (κ2) is 7.31. The van der Waals surface area contributed by atoms with Gasteiger partial charge in [-0.25, -0.2) is 0 Å². The number of nitrogens with zero attached hydrogens (tertiary/aromatic N) is 3. The fraction of sp³-hybridized carbons (Fsp3) is 0.429. The van der Waals surface area contributed by atoms with E-state index in [1.54, 1.807) is 18.9 Å². The van der Waals surface area contributed by atoms with Gasteiger partial charge in [0.15, 0.2) is 11.0 Å². The molecule has 0 saturated heterocycles. The zero-order chi connectivity index (χ0) is 14.4. The Morgan fingerprint density at radius 3 is 2.90 bits per heavy atom. The maximum absolute atomic E-state index is 9.26. The number of hydrogen-bond acceptors (Lipinski definition) is 5. The monoisotopic (exact) mass is 293 g/mol. The van der Waals surface area contributed by atoms with Crippen molar-refractivity contribution < 1.29 is 9.84 Å². The maximum Gasteiger partial charge on any atom is 0.191 e. The van der Waals surface area contributed by atoms with Crippen LogP contribution in [0.3, 0.4) is 0 Å². The standard InChI is InChI=1S/C14H19N3O2S/c1-3-7-17-13(9-18)15-16-14(17)20-10-11-5-4-6-12(8-11)19-2/h4-6,8,18H,3,7,9-10H2,1-2H3. The Morgan fingerprint density at radius 1 is 1.35 bits per heavy atom. The normalized spacial score (nSPS) is 10.8. The van der Waals surface area contributed by atoms with Gasteiger partial charge in [0.25, 0.3) is 0 Å². The predicted octanol–water partition coefficient (Wildman–Crippen LogP) is 2.48. The van der Waals surface area contributed by atoms with E-state index in [0.717, 1.165) is 29.6 Å². The average Bonchev–Trinajstić information content (AvgIpc) is 2.88. The Bertz CT molecular complexity index is 557. The molecule has 5 nitrogen and oxygen atoms in total. The molecule has 1 aromatic carbocycles. The topological polar surface area (TPSA) is 60.2 Å². The molecule has 20 heavy (non-hydrogen) atoms. The number of aliphatic hydroxyl groups excluding tert-OH is 1. The highest BCUT2D eigenvalue weighted by Crippen LogP contribution is 2.24. The molecule has 0 aliphatic carbocycles. The second-order valence-corrected chi connectivity index (χ2v) is 5.29. The minimum Gasteiger partial charge on any atom is -0.497 e. The molecule has 0 bridgehead atoms. The molecule has 0 unspecified atom stereocenters. The summed E-state index contributed by atoms with van der Waals surface area (Å²) in [6, 6.07) is 7.98. The highest BCUT2D eigenvalue weighted by molar-refractivity contribution is 7.98. The van der Waals surface area contributed by atoms with Crippen LogP contribution in [-0.4, -0.2) is 27.0 Å². The molecule has 0 aliphatic rings. The number of thioether (sulfide) groups is 1. The van der Waals surface area contributed by atoms with Gasteiger partial charge in [-0.2, -0.15) is 0 Å². The minimum absolute atomic E-state index is 0.0767. The van der Waals surface area contributed by atoms with Crippen LogP contribution >= 0.6 is 11.8 Å². The summed E-state index contributed by atoms with van der Waals surface area (Å²) in [6.07, 6.45) is 0.984. The van der Waals surface area contributed by atoms with Gasteiger partial charge in [0.2, 0.25) is 0 Å². The second-order valence-electron chi connectivity index (χ2n) is 4.35. The number of rotatable bonds is 7. The number of benzene rings is 1. The van der Waals surface area contributed by atoms with Crippen LogP contribution < -0.4 is 4.74 Å². The predicted molar refractivity (Wildman–Crippen MR) is 78.8 cm³/mol. The van der Waals surface area contributed by atoms with Gasteiger partial charge in [0.05, 0.1) is 7.11 Å². The smallest absolute Gasteiger partial charge is 0.191 e. The Labute approximate surface area is 123 Å². The molecule has 0 radical (unpaired) electrons. The van der Waals surface area contributed by atoms with Gasteiger partial charge >= 0.3 is 0 Å². The lowest BCUT2D eigenvalue weighted by Crippen LogP contribution is -2.04. The van der Waals surface area contributed by atoms with Crippen molar-refractivity contribution in [1.29, 1.82) is 0 Å². The number of ether oxygens (including phenoxy) is 1. The number of methoxy groups -OCH3 is 1. The molecule has 0 aliphatic heterocycles. The summed E-state index contributed by atoms with van der Waals surface area (Å²) in [6.45, 7) is 2.84. The fourth-order valence-electron chi connectivity index (χ4n) is 1.90. The van der Waals surface area contributed by atoms with Crippen LogP contribution in [0.1, 0.15) is 24.7 Å². The van der Waals surface area contributed by atoms with Gasteiger partial charge in [0, 0.05) is 12.3 Å². The quantitative estimate of drug-likeness (QED) is 0.795. The lowest BCUT2D eigenvalue weighted by molar-refractivity contribution is 0.263. The van der Waals surface area contributed by atoms with Gasteiger partial charge in [0.1, 0.15) is 12.4 Å². The average molecular weight is 293 g/mol. The summed E-state index contributed by atoms with van der Waals surface area (Å²) < 4.78 is 7.19. The number of hydrogen-bond donors (Lipinski definition) is 1. The number of aliphatic hydroxyl groups is 1. The third-order valence-corrected chi connectivity index (χ3v) is 3.92. The Morgan fingerprint density at radius 2 is 2.20 bits per heavy atom. The van der Waals surface area contributed by atoms with E-state index in [0.29, 0.717) is 5.82 Å². The first kappa shape index (κ1) is 14.9. The highest BCUT2D eigenvalue weighted by atomic mass is 32.2. The van der Waals surface area contributed by atoms with Crippen LogP contribution in [0.4, 0.5) is 0 Å². The molecule has 6 heteroatoms. The van der Waals surface area contributed by atoms with E-state index in [2.05, 4.69) is 23.2 Å². The summed E-state index contributed by atoms with van der Waals surface area (Å²) >= 11 is 1.62. The molecule has 2 aromatic rings. The van der Waals surface area contributed by atoms with Crippen LogP contribution in [0.15, 0.2) is 29.4 Å². The van der Waals surface area contributed by atoms with E-state index in [9.17, 15) is 5.11 Å². The SMILES string of the molecule is CCCn1c(CO)nnc1SCc1cccc(OC)c1. The van der Waals surface area contributed by atoms with E-state index < -0.39 is 0 Å². The Hall–Kier alpha value is -1.53. The third-order valence-electron chi connectivity index (χ3n) is 2.88. The molecule has 2 rings (SSSR count). The molecule has 1 N–H and O–H groups in total. The van der Waals surface area contributed by atoms with Crippen LogP contribution in [0.25, 0.3) is 0 Å². The highest BCUT2D eigenvalue weighted by Gasteiger charge is 2.11. The number of aromatic nitrogens is 3. The van der Waals surface area contributed by atoms with Crippen molar-refractivity contribution >= 4 is 11.8 Å². The summed E-state index contributed by atoms with van der Waals surface area (Å²) in [7, 11) is 1.66. The molecule has 1 aromatic heterocycles. The van der Waals surface area contributed by atoms with E-state index in [1.165, 1.54) is 5.56 Å². The lowest BCUT2D eigenvalue weighted by Gasteiger charge is -2.08. The first-order chi connectivity index (χ1) is 9.78. The zero-order valence-electron chi connectivity index (χ0n) is 11.7. The van der Waals surface area contributed by atoms with Gasteiger partial charge in [-0.15, -0.1) is 10.2 Å². The van der Waals surface area contributed by atoms with Crippen molar-refractivity contribution in [2.24, 2.45) is 0 Å². The minimum atomic E-state index is -0.0767. The summed E-state index contributed by atoms with van der Waals surface area (Å²) in [5.41, 5.74) is 1.17. The van der Waals surface area contributed by atoms with Gasteiger partial charge in [-0.1, -0.05) is 30.8 Å². The van der Waals surface area contributed by atoms with E-state index in [4.69, 9.17) is 4.74 Å². The van der Waals surface area contributed by atoms with Crippen molar-refractivity contribution in [3.63, 3.8) is 0 Å². The van der Waals surface area contributed by atoms with Crippen LogP contribution in [-0.2, 0) is 18.9 Å². The van der Waals surface area contributed by atoms with Gasteiger partial charge < -0.3 is 14.4 Å². The largest absolute Gasteiger partial charge is 0.497 e. The Balaban J connectivity index is 2.08. The first-order valence-corrected chi connectivity index (χ1v) is 7.55. The molecule has 0 spiro atoms. The van der Waals surface area contributed by atoms with Gasteiger partial charge in [-0.3, -0.25) is 0 Å². The van der Waals surface area contributed by atoms with Gasteiger partial charge in [-0.05, 0) is 24.1 Å². The fourth-order valence-corrected chi connectivity index (χ4v) is 2.83. The summed E-state index contributed by atoms with van der Waals surface area (Å²) in [4.78, 5) is 0. The molecular formula is C14H19N3O2S. The molecule has 0 saturated carbocycles. The van der Waals surface area contributed by atoms with Crippen molar-refractivity contribution in [2.75, 3.05) is 7.11 Å². The van der Waals surface area contributed by atoms with Crippen molar-refractivity contribution in [1.82, 2.24) is 14.8 Å². The molecule has 108 valence electrons. The van der Waals surface area contributed by atoms with E-state index >= 15 is 0 Å². The van der Waals surface area contributed by atoms with Crippen molar-refractivity contribution in [3.8, 4) is 5.75 Å². The summed E-state index contributed by atoms with van der Waals surface area (Å²) in [5.74, 6) is 2.28. The molecule has 1 heterocycles. The maximum atomic E-state index is 9.26. The third kappa shape index (κ3) is 3.52. The van der Waals surface area contributed by atoms with Crippen LogP contribution in [0.5, 0.6) is 5.75 Å². The van der Waals surface area contributed by atoms with E-state index in [1.807, 2.05) is 22.8 Å². The van der Waals surface area contributed by atoms with Crippen LogP contribution in [0, 0.1) is 0 Å². The summed E-state index contributed by atoms with van der Waals surface area (Å²) in [5, 5.41) is 18.3. The first-order valence-electron chi connectivity index (χ1n) is 6.57. The molecule has 0 fully saturated rings. The van der Waals surface area contributed by atoms with Crippen LogP contribution in [0.2, 0.25) is 0 Å². The molecule has 0 amide bonds.